The Kier molecular flexibility index (Phi) is 2.43. The van der Waals surface area contributed by atoms with E-state index in [1.165, 1.54) is 0 Å². The molecule has 1 aliphatic heterocycles. The second-order valence-corrected chi connectivity index (χ2v) is 4.44. The second-order valence-electron chi connectivity index (χ2n) is 4.44. The van der Waals surface area contributed by atoms with Crippen LogP contribution < -0.4 is 4.84 Å². The first kappa shape index (κ1) is 10.1. The molecule has 80 valence electrons. The molecule has 0 saturated carbocycles. The molecule has 1 aromatic carbocycles. The summed E-state index contributed by atoms with van der Waals surface area (Å²) >= 11 is 0. The van der Waals surface area contributed by atoms with Gasteiger partial charge in [-0.15, -0.1) is 0 Å². The van der Waals surface area contributed by atoms with E-state index in [1.54, 1.807) is 0 Å². The Morgan fingerprint density at radius 3 is 2.73 bits per heavy atom. The molecule has 0 N–H and O–H groups in total. The topological polar surface area (TPSA) is 12.5 Å². The van der Waals surface area contributed by atoms with E-state index in [0.29, 0.717) is 0 Å². The van der Waals surface area contributed by atoms with Crippen LogP contribution in [-0.4, -0.2) is 10.6 Å². The van der Waals surface area contributed by atoms with E-state index in [2.05, 4.69) is 32.9 Å². The molecule has 0 aliphatic carbocycles. The molecule has 0 aromatic heterocycles. The van der Waals surface area contributed by atoms with Crippen molar-refractivity contribution in [3.8, 4) is 5.75 Å². The summed E-state index contributed by atoms with van der Waals surface area (Å²) in [5.41, 5.74) is 1.17. The lowest BCUT2D eigenvalue weighted by Crippen LogP contribution is -2.42. The molecule has 1 aromatic rings. The second kappa shape index (κ2) is 3.61. The summed E-state index contributed by atoms with van der Waals surface area (Å²) in [6, 6.07) is 8.07. The number of hydroxylamine groups is 2. The van der Waals surface area contributed by atoms with E-state index in [4.69, 9.17) is 4.84 Å². The molecule has 15 heavy (non-hydrogen) atoms. The molecular weight excluding hydrogens is 186 g/mol. The van der Waals surface area contributed by atoms with Gasteiger partial charge in [0, 0.05) is 11.8 Å². The molecule has 2 rings (SSSR count). The summed E-state index contributed by atoms with van der Waals surface area (Å²) in [7, 11) is 0. The molecule has 0 saturated heterocycles. The molecule has 0 spiro atoms. The summed E-state index contributed by atoms with van der Waals surface area (Å²) in [4.78, 5) is 5.83. The van der Waals surface area contributed by atoms with Crippen molar-refractivity contribution in [3.05, 3.63) is 36.0 Å². The van der Waals surface area contributed by atoms with Crippen molar-refractivity contribution in [2.75, 3.05) is 0 Å². The fourth-order valence-corrected chi connectivity index (χ4v) is 1.47. The Morgan fingerprint density at radius 1 is 1.27 bits per heavy atom. The summed E-state index contributed by atoms with van der Waals surface area (Å²) in [5.74, 6) is 0.932. The summed E-state index contributed by atoms with van der Waals surface area (Å²) in [6.07, 6.45) is 5.14. The third kappa shape index (κ3) is 1.84. The van der Waals surface area contributed by atoms with Gasteiger partial charge in [-0.25, -0.2) is 5.06 Å². The van der Waals surface area contributed by atoms with Gasteiger partial charge in [0.15, 0.2) is 5.75 Å². The SMILES string of the molecule is CCC(C)(C)N1C=Cc2ccccc2O1. The molecular formula is C13H17NO. The third-order valence-electron chi connectivity index (χ3n) is 2.97. The van der Waals surface area contributed by atoms with Gasteiger partial charge in [0.25, 0.3) is 0 Å². The number of hydrogen-bond acceptors (Lipinski definition) is 2. The zero-order chi connectivity index (χ0) is 10.9. The number of nitrogens with zero attached hydrogens (tertiary/aromatic N) is 1. The maximum absolute atomic E-state index is 5.83. The lowest BCUT2D eigenvalue weighted by atomic mass is 10.0. The number of fused-ring (bicyclic) bond motifs is 1. The van der Waals surface area contributed by atoms with Gasteiger partial charge in [-0.05, 0) is 32.4 Å². The minimum Gasteiger partial charge on any atom is -0.379 e. The van der Waals surface area contributed by atoms with Gasteiger partial charge < -0.3 is 4.84 Å². The molecule has 1 aliphatic rings. The summed E-state index contributed by atoms with van der Waals surface area (Å²) in [5, 5.41) is 1.93. The smallest absolute Gasteiger partial charge is 0.162 e. The van der Waals surface area contributed by atoms with Crippen molar-refractivity contribution in [1.82, 2.24) is 5.06 Å². The zero-order valence-electron chi connectivity index (χ0n) is 9.53. The highest BCUT2D eigenvalue weighted by atomic mass is 16.7. The molecule has 0 atom stereocenters. The molecule has 2 nitrogen and oxygen atoms in total. The predicted octanol–water partition coefficient (Wildman–Crippen LogP) is 3.46. The standard InChI is InChI=1S/C13H17NO/c1-4-13(2,3)14-10-9-11-7-5-6-8-12(11)15-14/h5-10H,4H2,1-3H3. The first-order valence-electron chi connectivity index (χ1n) is 5.38. The van der Waals surface area contributed by atoms with Crippen LogP contribution >= 0.6 is 0 Å². The van der Waals surface area contributed by atoms with Gasteiger partial charge in [-0.3, -0.25) is 0 Å². The molecule has 0 radical (unpaired) electrons. The van der Waals surface area contributed by atoms with Gasteiger partial charge in [-0.2, -0.15) is 0 Å². The highest BCUT2D eigenvalue weighted by Gasteiger charge is 2.26. The minimum absolute atomic E-state index is 0.0318. The Balaban J connectivity index is 2.26. The van der Waals surface area contributed by atoms with E-state index >= 15 is 0 Å². The molecule has 0 fully saturated rings. The van der Waals surface area contributed by atoms with Crippen molar-refractivity contribution < 1.29 is 4.84 Å². The van der Waals surface area contributed by atoms with Crippen LogP contribution in [0.4, 0.5) is 0 Å². The van der Waals surface area contributed by atoms with Crippen LogP contribution in [0.2, 0.25) is 0 Å². The van der Waals surface area contributed by atoms with Crippen molar-refractivity contribution in [2.45, 2.75) is 32.7 Å². The first-order valence-corrected chi connectivity index (χ1v) is 5.38. The Hall–Kier alpha value is -1.44. The maximum atomic E-state index is 5.83. The maximum Gasteiger partial charge on any atom is 0.162 e. The molecule has 1 heterocycles. The van der Waals surface area contributed by atoms with Crippen LogP contribution in [0.5, 0.6) is 5.75 Å². The van der Waals surface area contributed by atoms with Crippen molar-refractivity contribution in [1.29, 1.82) is 0 Å². The number of benzene rings is 1. The molecule has 0 bridgehead atoms. The number of para-hydroxylation sites is 1. The van der Waals surface area contributed by atoms with Crippen LogP contribution in [0.25, 0.3) is 6.08 Å². The molecule has 0 amide bonds. The largest absolute Gasteiger partial charge is 0.379 e. The highest BCUT2D eigenvalue weighted by Crippen LogP contribution is 2.29. The van der Waals surface area contributed by atoms with Crippen LogP contribution in [-0.2, 0) is 0 Å². The van der Waals surface area contributed by atoms with Gasteiger partial charge >= 0.3 is 0 Å². The molecule has 2 heteroatoms. The number of rotatable bonds is 2. The van der Waals surface area contributed by atoms with Crippen LogP contribution in [0.3, 0.4) is 0 Å². The lowest BCUT2D eigenvalue weighted by molar-refractivity contribution is -0.0902. The fourth-order valence-electron chi connectivity index (χ4n) is 1.47. The van der Waals surface area contributed by atoms with E-state index in [0.717, 1.165) is 17.7 Å². The van der Waals surface area contributed by atoms with Crippen molar-refractivity contribution >= 4 is 6.08 Å². The predicted molar refractivity (Wildman–Crippen MR) is 62.3 cm³/mol. The van der Waals surface area contributed by atoms with Gasteiger partial charge in [0.1, 0.15) is 0 Å². The summed E-state index contributed by atoms with van der Waals surface area (Å²) in [6.45, 7) is 6.51. The average Bonchev–Trinajstić information content (AvgIpc) is 2.28. The zero-order valence-corrected chi connectivity index (χ0v) is 9.53. The van der Waals surface area contributed by atoms with Gasteiger partial charge in [0.2, 0.25) is 0 Å². The molecule has 0 unspecified atom stereocenters. The monoisotopic (exact) mass is 203 g/mol. The van der Waals surface area contributed by atoms with Crippen LogP contribution in [0, 0.1) is 0 Å². The normalized spacial score (nSPS) is 14.7. The van der Waals surface area contributed by atoms with Crippen LogP contribution in [0.1, 0.15) is 32.8 Å². The fraction of sp³-hybridized carbons (Fsp3) is 0.385. The van der Waals surface area contributed by atoms with Gasteiger partial charge in [-0.1, -0.05) is 25.1 Å². The summed E-state index contributed by atoms with van der Waals surface area (Å²) < 4.78 is 0. The third-order valence-corrected chi connectivity index (χ3v) is 2.97. The Morgan fingerprint density at radius 2 is 2.00 bits per heavy atom. The van der Waals surface area contributed by atoms with Crippen molar-refractivity contribution in [3.63, 3.8) is 0 Å². The lowest BCUT2D eigenvalue weighted by Gasteiger charge is -2.37. The van der Waals surface area contributed by atoms with E-state index < -0.39 is 0 Å². The Labute approximate surface area is 91.1 Å². The van der Waals surface area contributed by atoms with Gasteiger partial charge in [0.05, 0.1) is 5.54 Å². The highest BCUT2D eigenvalue weighted by molar-refractivity contribution is 5.58. The first-order chi connectivity index (χ1) is 7.13. The van der Waals surface area contributed by atoms with Crippen LogP contribution in [0.15, 0.2) is 30.5 Å². The van der Waals surface area contributed by atoms with E-state index in [9.17, 15) is 0 Å². The van der Waals surface area contributed by atoms with Crippen molar-refractivity contribution in [2.24, 2.45) is 0 Å². The average molecular weight is 203 g/mol. The quantitative estimate of drug-likeness (QED) is 0.730. The van der Waals surface area contributed by atoms with E-state index in [-0.39, 0.29) is 5.54 Å². The minimum atomic E-state index is 0.0318. The number of hydrogen-bond donors (Lipinski definition) is 0. The van der Waals surface area contributed by atoms with E-state index in [1.807, 2.05) is 29.5 Å². The Bertz CT molecular complexity index is 382.